The third-order valence-corrected chi connectivity index (χ3v) is 2.47. The third-order valence-electron chi connectivity index (χ3n) is 2.47. The topological polar surface area (TPSA) is 26.3 Å². The molecule has 0 aliphatic heterocycles. The lowest BCUT2D eigenvalue weighted by Crippen LogP contribution is -2.60. The first kappa shape index (κ1) is 5.96. The summed E-state index contributed by atoms with van der Waals surface area (Å²) in [5.74, 6) is 0.593. The Balaban J connectivity index is 1.90. The van der Waals surface area contributed by atoms with Gasteiger partial charge in [-0.3, -0.25) is 0 Å². The van der Waals surface area contributed by atoms with E-state index in [2.05, 4.69) is 6.58 Å². The van der Waals surface area contributed by atoms with Crippen LogP contribution in [0.25, 0.3) is 0 Å². The summed E-state index contributed by atoms with van der Waals surface area (Å²) in [5.41, 5.74) is -0.0318. The molecule has 0 saturated heterocycles. The zero-order valence-corrected chi connectivity index (χ0v) is 5.80. The van der Waals surface area contributed by atoms with E-state index in [0.29, 0.717) is 0 Å². The fourth-order valence-corrected chi connectivity index (χ4v) is 1.78. The van der Waals surface area contributed by atoms with E-state index >= 15 is 0 Å². The normalized spacial score (nSPS) is 41.0. The molecule has 0 atom stereocenters. The highest BCUT2D eigenvalue weighted by molar-refractivity contribution is 5.81. The van der Waals surface area contributed by atoms with Crippen molar-refractivity contribution in [2.45, 2.75) is 24.9 Å². The molecule has 0 N–H and O–H groups in total. The standard InChI is InChI=1S/C8H10O2/c1-2-7(9)10-8-3-6(4-8)5-8/h2,6H,1,3-5H2. The van der Waals surface area contributed by atoms with Gasteiger partial charge < -0.3 is 4.74 Å². The molecule has 2 nitrogen and oxygen atoms in total. The molecule has 3 fully saturated rings. The van der Waals surface area contributed by atoms with Crippen molar-refractivity contribution in [3.8, 4) is 0 Å². The highest BCUT2D eigenvalue weighted by atomic mass is 16.6. The summed E-state index contributed by atoms with van der Waals surface area (Å²) >= 11 is 0. The first-order valence-electron chi connectivity index (χ1n) is 3.59. The largest absolute Gasteiger partial charge is 0.456 e. The van der Waals surface area contributed by atoms with Crippen LogP contribution in [-0.4, -0.2) is 11.6 Å². The van der Waals surface area contributed by atoms with Crippen molar-refractivity contribution < 1.29 is 9.53 Å². The van der Waals surface area contributed by atoms with Crippen molar-refractivity contribution in [1.29, 1.82) is 0 Å². The maximum atomic E-state index is 10.7. The van der Waals surface area contributed by atoms with Gasteiger partial charge in [-0.1, -0.05) is 6.58 Å². The average Bonchev–Trinajstić information content (AvgIpc) is 1.75. The van der Waals surface area contributed by atoms with Gasteiger partial charge in [0.1, 0.15) is 5.60 Å². The second kappa shape index (κ2) is 1.62. The van der Waals surface area contributed by atoms with Crippen LogP contribution in [0.2, 0.25) is 0 Å². The van der Waals surface area contributed by atoms with E-state index in [-0.39, 0.29) is 11.6 Å². The van der Waals surface area contributed by atoms with Gasteiger partial charge in [0.25, 0.3) is 0 Å². The summed E-state index contributed by atoms with van der Waals surface area (Å²) in [4.78, 5) is 10.7. The SMILES string of the molecule is C=CC(=O)OC12CC(C1)C2. The first-order chi connectivity index (χ1) is 4.74. The van der Waals surface area contributed by atoms with Crippen molar-refractivity contribution in [3.05, 3.63) is 12.7 Å². The molecule has 3 rings (SSSR count). The highest BCUT2D eigenvalue weighted by Crippen LogP contribution is 2.59. The number of hydrogen-bond donors (Lipinski definition) is 0. The zero-order chi connectivity index (χ0) is 7.19. The molecule has 3 aliphatic carbocycles. The summed E-state index contributed by atoms with van der Waals surface area (Å²) in [6, 6.07) is 0. The van der Waals surface area contributed by atoms with Crippen molar-refractivity contribution in [3.63, 3.8) is 0 Å². The van der Waals surface area contributed by atoms with Crippen LogP contribution in [0.3, 0.4) is 0 Å². The Hall–Kier alpha value is -0.790. The molecule has 2 bridgehead atoms. The Bertz CT molecular complexity index is 178. The van der Waals surface area contributed by atoms with Crippen molar-refractivity contribution in [1.82, 2.24) is 0 Å². The molecular formula is C8H10O2. The second-order valence-electron chi connectivity index (χ2n) is 3.29. The molecule has 0 aromatic rings. The fraction of sp³-hybridized carbons (Fsp3) is 0.625. The Labute approximate surface area is 59.9 Å². The van der Waals surface area contributed by atoms with Crippen LogP contribution in [0.1, 0.15) is 19.3 Å². The Morgan fingerprint density at radius 1 is 1.60 bits per heavy atom. The Morgan fingerprint density at radius 2 is 2.20 bits per heavy atom. The summed E-state index contributed by atoms with van der Waals surface area (Å²) in [5, 5.41) is 0. The van der Waals surface area contributed by atoms with Gasteiger partial charge in [-0.05, 0) is 25.2 Å². The predicted molar refractivity (Wildman–Crippen MR) is 36.4 cm³/mol. The number of carbonyl (C=O) groups excluding carboxylic acids is 1. The summed E-state index contributed by atoms with van der Waals surface area (Å²) in [6.07, 6.45) is 4.51. The fourth-order valence-electron chi connectivity index (χ4n) is 1.78. The minimum atomic E-state index is -0.266. The van der Waals surface area contributed by atoms with E-state index < -0.39 is 0 Å². The van der Waals surface area contributed by atoms with E-state index in [4.69, 9.17) is 4.74 Å². The highest BCUT2D eigenvalue weighted by Gasteiger charge is 2.59. The average molecular weight is 138 g/mol. The van der Waals surface area contributed by atoms with Crippen LogP contribution in [0.5, 0.6) is 0 Å². The maximum Gasteiger partial charge on any atom is 0.330 e. The van der Waals surface area contributed by atoms with Crippen LogP contribution >= 0.6 is 0 Å². The van der Waals surface area contributed by atoms with E-state index in [0.717, 1.165) is 25.2 Å². The van der Waals surface area contributed by atoms with E-state index in [9.17, 15) is 4.79 Å². The van der Waals surface area contributed by atoms with E-state index in [1.165, 1.54) is 6.08 Å². The maximum absolute atomic E-state index is 10.7. The van der Waals surface area contributed by atoms with Crippen molar-refractivity contribution >= 4 is 5.97 Å². The summed E-state index contributed by atoms with van der Waals surface area (Å²) in [6.45, 7) is 3.35. The summed E-state index contributed by atoms with van der Waals surface area (Å²) in [7, 11) is 0. The van der Waals surface area contributed by atoms with Gasteiger partial charge in [-0.15, -0.1) is 0 Å². The molecule has 0 unspecified atom stereocenters. The minimum absolute atomic E-state index is 0.0318. The molecule has 0 spiro atoms. The van der Waals surface area contributed by atoms with Gasteiger partial charge in [0.2, 0.25) is 0 Å². The molecule has 2 heteroatoms. The van der Waals surface area contributed by atoms with Gasteiger partial charge in [0.05, 0.1) is 0 Å². The number of rotatable bonds is 2. The molecule has 0 radical (unpaired) electrons. The lowest BCUT2D eigenvalue weighted by Gasteiger charge is -2.59. The van der Waals surface area contributed by atoms with E-state index in [1.807, 2.05) is 0 Å². The molecule has 54 valence electrons. The lowest BCUT2D eigenvalue weighted by atomic mass is 9.52. The first-order valence-corrected chi connectivity index (χ1v) is 3.59. The lowest BCUT2D eigenvalue weighted by molar-refractivity contribution is -0.219. The van der Waals surface area contributed by atoms with Gasteiger partial charge in [0, 0.05) is 6.08 Å². The van der Waals surface area contributed by atoms with Crippen LogP contribution in [0.4, 0.5) is 0 Å². The molecule has 3 saturated carbocycles. The van der Waals surface area contributed by atoms with Crippen LogP contribution in [-0.2, 0) is 9.53 Å². The van der Waals surface area contributed by atoms with Gasteiger partial charge >= 0.3 is 5.97 Å². The number of ether oxygens (including phenoxy) is 1. The number of carbonyl (C=O) groups is 1. The van der Waals surface area contributed by atoms with Crippen molar-refractivity contribution in [2.75, 3.05) is 0 Å². The zero-order valence-electron chi connectivity index (χ0n) is 5.80. The molecular weight excluding hydrogens is 128 g/mol. The molecule has 0 aromatic heterocycles. The number of hydrogen-bond acceptors (Lipinski definition) is 2. The number of esters is 1. The predicted octanol–water partition coefficient (Wildman–Crippen LogP) is 1.27. The van der Waals surface area contributed by atoms with Gasteiger partial charge in [0.15, 0.2) is 0 Å². The molecule has 0 amide bonds. The molecule has 0 heterocycles. The van der Waals surface area contributed by atoms with E-state index in [1.54, 1.807) is 0 Å². The monoisotopic (exact) mass is 138 g/mol. The quantitative estimate of drug-likeness (QED) is 0.424. The Kier molecular flexibility index (Phi) is 0.967. The Morgan fingerprint density at radius 3 is 2.50 bits per heavy atom. The van der Waals surface area contributed by atoms with Gasteiger partial charge in [-0.2, -0.15) is 0 Å². The minimum Gasteiger partial charge on any atom is -0.456 e. The van der Waals surface area contributed by atoms with Crippen LogP contribution in [0.15, 0.2) is 12.7 Å². The smallest absolute Gasteiger partial charge is 0.330 e. The van der Waals surface area contributed by atoms with Crippen LogP contribution < -0.4 is 0 Å². The molecule has 0 aromatic carbocycles. The summed E-state index contributed by atoms with van der Waals surface area (Å²) < 4.78 is 5.13. The van der Waals surface area contributed by atoms with Crippen molar-refractivity contribution in [2.24, 2.45) is 5.92 Å². The third kappa shape index (κ3) is 0.618. The van der Waals surface area contributed by atoms with Crippen LogP contribution in [0, 0.1) is 5.92 Å². The van der Waals surface area contributed by atoms with Gasteiger partial charge in [-0.25, -0.2) is 4.79 Å². The molecule has 10 heavy (non-hydrogen) atoms. The second-order valence-corrected chi connectivity index (χ2v) is 3.29. The molecule has 3 aliphatic rings.